The predicted octanol–water partition coefficient (Wildman–Crippen LogP) is 2.83. The van der Waals surface area contributed by atoms with Crippen LogP contribution in [0.3, 0.4) is 0 Å². The molecule has 0 saturated heterocycles. The second-order valence-electron chi connectivity index (χ2n) is 7.51. The first kappa shape index (κ1) is 19.1. The van der Waals surface area contributed by atoms with E-state index < -0.39 is 0 Å². The zero-order chi connectivity index (χ0) is 20.5. The summed E-state index contributed by atoms with van der Waals surface area (Å²) in [4.78, 5) is 21.6. The number of amides is 1. The van der Waals surface area contributed by atoms with Gasteiger partial charge in [-0.3, -0.25) is 9.48 Å². The molecule has 0 spiro atoms. The van der Waals surface area contributed by atoms with Crippen LogP contribution in [-0.4, -0.2) is 36.6 Å². The smallest absolute Gasteiger partial charge is 0.220 e. The molecule has 0 saturated carbocycles. The molecular formula is C22H26N6O. The van der Waals surface area contributed by atoms with Gasteiger partial charge in [0.2, 0.25) is 5.91 Å². The van der Waals surface area contributed by atoms with Crippen LogP contribution in [0, 0.1) is 20.8 Å². The second kappa shape index (κ2) is 7.66. The van der Waals surface area contributed by atoms with Gasteiger partial charge in [0.05, 0.1) is 11.4 Å². The zero-order valence-corrected chi connectivity index (χ0v) is 17.4. The Morgan fingerprint density at radius 1 is 1.10 bits per heavy atom. The molecule has 0 atom stereocenters. The Bertz CT molecular complexity index is 1170. The number of fused-ring (bicyclic) bond motifs is 2. The quantitative estimate of drug-likeness (QED) is 0.549. The molecule has 0 aliphatic rings. The van der Waals surface area contributed by atoms with E-state index in [-0.39, 0.29) is 5.91 Å². The molecule has 4 aromatic rings. The van der Waals surface area contributed by atoms with Crippen LogP contribution in [0.5, 0.6) is 0 Å². The minimum Gasteiger partial charge on any atom is -0.356 e. The van der Waals surface area contributed by atoms with Crippen LogP contribution in [-0.2, 0) is 24.7 Å². The Hall–Kier alpha value is -3.22. The van der Waals surface area contributed by atoms with Crippen molar-refractivity contribution in [2.75, 3.05) is 6.54 Å². The Morgan fingerprint density at radius 3 is 2.72 bits per heavy atom. The molecule has 29 heavy (non-hydrogen) atoms. The standard InChI is InChI=1S/C22H26N6O/c1-14-18(15(2)24-22-21(14)16(3)26-27(22)4)8-9-20(29)23-11-10-17-13-28-12-6-5-7-19(28)25-17/h5-7,12-13H,8-11H2,1-4H3,(H,23,29). The second-order valence-corrected chi connectivity index (χ2v) is 7.51. The van der Waals surface area contributed by atoms with E-state index in [2.05, 4.69) is 22.3 Å². The highest BCUT2D eigenvalue weighted by Gasteiger charge is 2.16. The van der Waals surface area contributed by atoms with Gasteiger partial charge < -0.3 is 9.72 Å². The van der Waals surface area contributed by atoms with Crippen molar-refractivity contribution in [1.82, 2.24) is 29.5 Å². The van der Waals surface area contributed by atoms with Crippen molar-refractivity contribution in [2.45, 2.75) is 40.0 Å². The maximum Gasteiger partial charge on any atom is 0.220 e. The molecule has 4 rings (SSSR count). The van der Waals surface area contributed by atoms with Gasteiger partial charge in [0.1, 0.15) is 5.65 Å². The van der Waals surface area contributed by atoms with E-state index in [0.29, 0.717) is 25.8 Å². The summed E-state index contributed by atoms with van der Waals surface area (Å²) in [5, 5.41) is 8.59. The first-order chi connectivity index (χ1) is 13.9. The molecule has 0 aromatic carbocycles. The van der Waals surface area contributed by atoms with E-state index >= 15 is 0 Å². The Morgan fingerprint density at radius 2 is 1.93 bits per heavy atom. The fourth-order valence-corrected chi connectivity index (χ4v) is 3.99. The summed E-state index contributed by atoms with van der Waals surface area (Å²) in [6, 6.07) is 5.92. The summed E-state index contributed by atoms with van der Waals surface area (Å²) < 4.78 is 3.81. The first-order valence-corrected chi connectivity index (χ1v) is 9.92. The summed E-state index contributed by atoms with van der Waals surface area (Å²) in [6.45, 7) is 6.69. The van der Waals surface area contributed by atoms with Crippen LogP contribution >= 0.6 is 0 Å². The van der Waals surface area contributed by atoms with Crippen LogP contribution < -0.4 is 5.32 Å². The minimum atomic E-state index is 0.0515. The molecule has 4 heterocycles. The molecule has 0 unspecified atom stereocenters. The molecule has 0 aliphatic carbocycles. The van der Waals surface area contributed by atoms with Crippen molar-refractivity contribution in [3.05, 3.63) is 58.8 Å². The van der Waals surface area contributed by atoms with Gasteiger partial charge in [-0.25, -0.2) is 9.97 Å². The maximum atomic E-state index is 12.4. The lowest BCUT2D eigenvalue weighted by Gasteiger charge is -2.11. The summed E-state index contributed by atoms with van der Waals surface area (Å²) in [7, 11) is 1.91. The average Bonchev–Trinajstić information content (AvgIpc) is 3.21. The van der Waals surface area contributed by atoms with Crippen molar-refractivity contribution < 1.29 is 4.79 Å². The number of hydrogen-bond acceptors (Lipinski definition) is 4. The summed E-state index contributed by atoms with van der Waals surface area (Å²) in [6.07, 6.45) is 5.82. The van der Waals surface area contributed by atoms with E-state index in [1.165, 1.54) is 5.56 Å². The number of imidazole rings is 1. The number of carbonyl (C=O) groups excluding carboxylic acids is 1. The van der Waals surface area contributed by atoms with Gasteiger partial charge in [0, 0.05) is 49.9 Å². The van der Waals surface area contributed by atoms with E-state index in [4.69, 9.17) is 4.98 Å². The molecule has 0 bridgehead atoms. The molecule has 4 aromatic heterocycles. The third-order valence-corrected chi connectivity index (χ3v) is 5.45. The van der Waals surface area contributed by atoms with Gasteiger partial charge in [0.25, 0.3) is 0 Å². The molecule has 7 nitrogen and oxygen atoms in total. The summed E-state index contributed by atoms with van der Waals surface area (Å²) in [5.41, 5.74) is 7.07. The molecule has 150 valence electrons. The van der Waals surface area contributed by atoms with E-state index in [1.807, 2.05) is 60.6 Å². The monoisotopic (exact) mass is 390 g/mol. The lowest BCUT2D eigenvalue weighted by Crippen LogP contribution is -2.26. The van der Waals surface area contributed by atoms with Gasteiger partial charge in [-0.2, -0.15) is 5.10 Å². The van der Waals surface area contributed by atoms with E-state index in [0.717, 1.165) is 39.3 Å². The highest BCUT2D eigenvalue weighted by Crippen LogP contribution is 2.25. The number of rotatable bonds is 6. The van der Waals surface area contributed by atoms with E-state index in [1.54, 1.807) is 0 Å². The predicted molar refractivity (Wildman–Crippen MR) is 113 cm³/mol. The lowest BCUT2D eigenvalue weighted by molar-refractivity contribution is -0.121. The van der Waals surface area contributed by atoms with Crippen molar-refractivity contribution in [3.8, 4) is 0 Å². The third-order valence-electron chi connectivity index (χ3n) is 5.45. The summed E-state index contributed by atoms with van der Waals surface area (Å²) >= 11 is 0. The fraction of sp³-hybridized carbons (Fsp3) is 0.364. The number of hydrogen-bond donors (Lipinski definition) is 1. The Balaban J connectivity index is 1.36. The van der Waals surface area contributed by atoms with Crippen molar-refractivity contribution in [2.24, 2.45) is 7.05 Å². The van der Waals surface area contributed by atoms with Crippen LogP contribution in [0.1, 0.15) is 34.6 Å². The molecule has 1 amide bonds. The SMILES string of the molecule is Cc1nc2c(c(C)nn2C)c(C)c1CCC(=O)NCCc1cn2ccccc2n1. The number of nitrogens with one attached hydrogen (secondary N) is 1. The molecule has 0 aliphatic heterocycles. The maximum absolute atomic E-state index is 12.4. The number of carbonyl (C=O) groups is 1. The van der Waals surface area contributed by atoms with Crippen LogP contribution in [0.2, 0.25) is 0 Å². The van der Waals surface area contributed by atoms with Gasteiger partial charge in [-0.05, 0) is 50.5 Å². The highest BCUT2D eigenvalue weighted by molar-refractivity contribution is 5.84. The molecular weight excluding hydrogens is 364 g/mol. The molecule has 0 fully saturated rings. The van der Waals surface area contributed by atoms with Crippen LogP contribution in [0.25, 0.3) is 16.7 Å². The summed E-state index contributed by atoms with van der Waals surface area (Å²) in [5.74, 6) is 0.0515. The Labute approximate surface area is 169 Å². The van der Waals surface area contributed by atoms with Gasteiger partial charge in [0.15, 0.2) is 5.65 Å². The topological polar surface area (TPSA) is 77.1 Å². The van der Waals surface area contributed by atoms with Crippen molar-refractivity contribution in [1.29, 1.82) is 0 Å². The minimum absolute atomic E-state index is 0.0515. The first-order valence-electron chi connectivity index (χ1n) is 9.92. The molecule has 0 radical (unpaired) electrons. The normalized spacial score (nSPS) is 11.4. The number of nitrogens with zero attached hydrogens (tertiary/aromatic N) is 5. The zero-order valence-electron chi connectivity index (χ0n) is 17.4. The number of pyridine rings is 2. The highest BCUT2D eigenvalue weighted by atomic mass is 16.1. The number of aryl methyl sites for hydroxylation is 4. The lowest BCUT2D eigenvalue weighted by atomic mass is 9.99. The average molecular weight is 390 g/mol. The fourth-order valence-electron chi connectivity index (χ4n) is 3.99. The van der Waals surface area contributed by atoms with Crippen molar-refractivity contribution in [3.63, 3.8) is 0 Å². The molecule has 1 N–H and O–H groups in total. The molecule has 7 heteroatoms. The van der Waals surface area contributed by atoms with Gasteiger partial charge in [-0.1, -0.05) is 6.07 Å². The number of aromatic nitrogens is 5. The van der Waals surface area contributed by atoms with Gasteiger partial charge in [-0.15, -0.1) is 0 Å². The Kier molecular flexibility index (Phi) is 5.05. The largest absolute Gasteiger partial charge is 0.356 e. The van der Waals surface area contributed by atoms with Gasteiger partial charge >= 0.3 is 0 Å². The third kappa shape index (κ3) is 3.72. The van der Waals surface area contributed by atoms with Crippen LogP contribution in [0.15, 0.2) is 30.6 Å². The van der Waals surface area contributed by atoms with Crippen molar-refractivity contribution >= 4 is 22.6 Å². The van der Waals surface area contributed by atoms with E-state index in [9.17, 15) is 4.79 Å². The van der Waals surface area contributed by atoms with Crippen LogP contribution in [0.4, 0.5) is 0 Å².